The highest BCUT2D eigenvalue weighted by Gasteiger charge is 2.54. The molecule has 1 fully saturated rings. The molecule has 4 heterocycles. The highest BCUT2D eigenvalue weighted by atomic mass is 32.2. The summed E-state index contributed by atoms with van der Waals surface area (Å²) in [6.07, 6.45) is 10.3. The minimum Gasteiger partial charge on any atom is -0.477 e. The van der Waals surface area contributed by atoms with E-state index >= 15 is 0 Å². The average Bonchev–Trinajstić information content (AvgIpc) is 3.26. The van der Waals surface area contributed by atoms with Crippen LogP contribution in [0.2, 0.25) is 0 Å². The van der Waals surface area contributed by atoms with Crippen LogP contribution in [0, 0.1) is 0 Å². The lowest BCUT2D eigenvalue weighted by atomic mass is 10.0. The summed E-state index contributed by atoms with van der Waals surface area (Å²) in [7, 11) is 0. The van der Waals surface area contributed by atoms with Gasteiger partial charge in [-0.1, -0.05) is 29.5 Å². The Morgan fingerprint density at radius 1 is 1.26 bits per heavy atom. The first-order valence-electron chi connectivity index (χ1n) is 9.81. The van der Waals surface area contributed by atoms with Crippen molar-refractivity contribution in [2.24, 2.45) is 5.16 Å². The number of amides is 2. The Bertz CT molecular complexity index is 1250. The number of thiazole rings is 1. The molecule has 1 saturated heterocycles. The van der Waals surface area contributed by atoms with Crippen LogP contribution in [0.1, 0.15) is 11.3 Å². The number of nitrogens with one attached hydrogen (secondary N) is 1. The van der Waals surface area contributed by atoms with Crippen molar-refractivity contribution >= 4 is 57.8 Å². The van der Waals surface area contributed by atoms with Crippen LogP contribution in [0.3, 0.4) is 0 Å². The van der Waals surface area contributed by atoms with Gasteiger partial charge in [0.15, 0.2) is 10.8 Å². The van der Waals surface area contributed by atoms with E-state index in [-0.39, 0.29) is 16.5 Å². The van der Waals surface area contributed by atoms with Gasteiger partial charge in [-0.25, -0.2) is 9.78 Å². The Balaban J connectivity index is 1.48. The molecule has 0 unspecified atom stereocenters. The van der Waals surface area contributed by atoms with E-state index in [0.29, 0.717) is 11.3 Å². The number of carboxylic acid groups (broad SMARTS) is 1. The number of carboxylic acids is 1. The molecule has 5 N–H and O–H groups in total. The summed E-state index contributed by atoms with van der Waals surface area (Å²) in [5, 5.41) is 25.5. The molecule has 2 aliphatic rings. The maximum atomic E-state index is 12.8. The van der Waals surface area contributed by atoms with Gasteiger partial charge in [0.2, 0.25) is 0 Å². The number of nitrogen functional groups attached to an aromatic ring is 1. The van der Waals surface area contributed by atoms with Crippen LogP contribution in [-0.4, -0.2) is 65.8 Å². The Kier molecular flexibility index (Phi) is 6.75. The molecule has 174 valence electrons. The quantitative estimate of drug-likeness (QED) is 0.144. The van der Waals surface area contributed by atoms with Crippen molar-refractivity contribution in [2.75, 3.05) is 11.5 Å². The van der Waals surface area contributed by atoms with E-state index in [4.69, 9.17) is 5.73 Å². The number of rotatable bonds is 7. The number of aliphatic carboxylic acids is 1. The maximum Gasteiger partial charge on any atom is 0.352 e. The zero-order chi connectivity index (χ0) is 24.2. The number of hydrogen-bond donors (Lipinski definition) is 4. The smallest absolute Gasteiger partial charge is 0.352 e. The van der Waals surface area contributed by atoms with E-state index in [1.165, 1.54) is 17.1 Å². The average molecular weight is 499 g/mol. The first-order valence-corrected chi connectivity index (χ1v) is 11.7. The van der Waals surface area contributed by atoms with Gasteiger partial charge < -0.3 is 21.4 Å². The van der Waals surface area contributed by atoms with Crippen molar-refractivity contribution in [1.29, 1.82) is 0 Å². The minimum absolute atomic E-state index is 0.0702. The highest BCUT2D eigenvalue weighted by molar-refractivity contribution is 8.00. The van der Waals surface area contributed by atoms with Gasteiger partial charge in [-0.3, -0.25) is 19.5 Å². The summed E-state index contributed by atoms with van der Waals surface area (Å²) in [5.74, 6) is -2.31. The Morgan fingerprint density at radius 3 is 2.65 bits per heavy atom. The number of pyridine rings is 1. The van der Waals surface area contributed by atoms with Crippen molar-refractivity contribution in [1.82, 2.24) is 20.2 Å². The third-order valence-electron chi connectivity index (χ3n) is 4.97. The lowest BCUT2D eigenvalue weighted by Gasteiger charge is -2.49. The van der Waals surface area contributed by atoms with E-state index < -0.39 is 34.9 Å². The Hall–Kier alpha value is -3.97. The number of oxime groups is 1. The van der Waals surface area contributed by atoms with Gasteiger partial charge >= 0.3 is 5.97 Å². The number of aromatic nitrogens is 2. The largest absolute Gasteiger partial charge is 0.477 e. The number of allylic oxidation sites excluding steroid dienone is 3. The van der Waals surface area contributed by atoms with Crippen molar-refractivity contribution in [3.63, 3.8) is 0 Å². The molecule has 0 aromatic carbocycles. The SMILES string of the molecule is Nc1nc(/C(=N/O)C(=O)N[C@@H]2C(=O)N3C(C(=O)O)=C(/C=C/C=C/c4ccncc4)CS[C@H]23)cs1. The molecule has 0 radical (unpaired) electrons. The summed E-state index contributed by atoms with van der Waals surface area (Å²) in [6, 6.07) is 2.69. The molecule has 2 amide bonds. The number of nitrogens with two attached hydrogens (primary N) is 1. The molecular formula is C21H18N6O5S2. The van der Waals surface area contributed by atoms with Gasteiger partial charge in [0.1, 0.15) is 22.8 Å². The number of anilines is 1. The molecule has 0 saturated carbocycles. The topological polar surface area (TPSA) is 171 Å². The number of carbonyl (C=O) groups excluding carboxylic acids is 2. The minimum atomic E-state index is -1.24. The molecule has 2 aromatic rings. The van der Waals surface area contributed by atoms with Crippen LogP contribution in [0.5, 0.6) is 0 Å². The molecule has 2 aromatic heterocycles. The molecule has 13 heteroatoms. The van der Waals surface area contributed by atoms with Crippen LogP contribution in [0.4, 0.5) is 5.13 Å². The monoisotopic (exact) mass is 498 g/mol. The summed E-state index contributed by atoms with van der Waals surface area (Å²) < 4.78 is 0. The lowest BCUT2D eigenvalue weighted by molar-refractivity contribution is -0.150. The fraction of sp³-hybridized carbons (Fsp3) is 0.143. The van der Waals surface area contributed by atoms with Gasteiger partial charge in [0, 0.05) is 23.5 Å². The van der Waals surface area contributed by atoms with Crippen molar-refractivity contribution in [2.45, 2.75) is 11.4 Å². The molecular weight excluding hydrogens is 480 g/mol. The first kappa shape index (κ1) is 23.2. The van der Waals surface area contributed by atoms with Gasteiger partial charge in [-0.15, -0.1) is 23.1 Å². The molecule has 34 heavy (non-hydrogen) atoms. The number of nitrogens with zero attached hydrogens (tertiary/aromatic N) is 4. The van der Waals surface area contributed by atoms with E-state index in [9.17, 15) is 24.7 Å². The Morgan fingerprint density at radius 2 is 2.00 bits per heavy atom. The zero-order valence-corrected chi connectivity index (χ0v) is 19.0. The van der Waals surface area contributed by atoms with E-state index in [1.54, 1.807) is 30.6 Å². The number of thioether (sulfide) groups is 1. The summed E-state index contributed by atoms with van der Waals surface area (Å²) in [4.78, 5) is 46.3. The van der Waals surface area contributed by atoms with Crippen LogP contribution >= 0.6 is 23.1 Å². The van der Waals surface area contributed by atoms with Gasteiger partial charge in [-0.2, -0.15) is 0 Å². The van der Waals surface area contributed by atoms with Gasteiger partial charge in [0.05, 0.1) is 0 Å². The van der Waals surface area contributed by atoms with Crippen molar-refractivity contribution in [3.8, 4) is 0 Å². The predicted molar refractivity (Wildman–Crippen MR) is 127 cm³/mol. The lowest BCUT2D eigenvalue weighted by Crippen LogP contribution is -2.71. The normalized spacial score (nSPS) is 20.5. The zero-order valence-electron chi connectivity index (χ0n) is 17.4. The van der Waals surface area contributed by atoms with Crippen molar-refractivity contribution < 1.29 is 24.7 Å². The van der Waals surface area contributed by atoms with Crippen LogP contribution < -0.4 is 11.1 Å². The number of carbonyl (C=O) groups is 3. The highest BCUT2D eigenvalue weighted by Crippen LogP contribution is 2.40. The predicted octanol–water partition coefficient (Wildman–Crippen LogP) is 1.31. The second-order valence-corrected chi connectivity index (χ2v) is 9.05. The van der Waals surface area contributed by atoms with E-state index in [2.05, 4.69) is 20.4 Å². The number of hydrogen-bond acceptors (Lipinski definition) is 10. The van der Waals surface area contributed by atoms with E-state index in [1.807, 2.05) is 18.2 Å². The maximum absolute atomic E-state index is 12.8. The van der Waals surface area contributed by atoms with E-state index in [0.717, 1.165) is 21.8 Å². The second kappa shape index (κ2) is 9.89. The fourth-order valence-electron chi connectivity index (χ4n) is 3.40. The molecule has 2 atom stereocenters. The molecule has 11 nitrogen and oxygen atoms in total. The molecule has 0 spiro atoms. The third kappa shape index (κ3) is 4.56. The summed E-state index contributed by atoms with van der Waals surface area (Å²) in [6.45, 7) is 0. The second-order valence-electron chi connectivity index (χ2n) is 7.06. The van der Waals surface area contributed by atoms with Crippen LogP contribution in [0.25, 0.3) is 6.08 Å². The Labute approximate surface area is 201 Å². The van der Waals surface area contributed by atoms with Gasteiger partial charge in [0.25, 0.3) is 11.8 Å². The molecule has 4 rings (SSSR count). The fourth-order valence-corrected chi connectivity index (χ4v) is 5.27. The van der Waals surface area contributed by atoms with Crippen LogP contribution in [0.15, 0.2) is 64.6 Å². The molecule has 2 aliphatic heterocycles. The molecule has 0 aliphatic carbocycles. The summed E-state index contributed by atoms with van der Waals surface area (Å²) in [5.41, 5.74) is 6.51. The van der Waals surface area contributed by atoms with Crippen LogP contribution in [-0.2, 0) is 14.4 Å². The number of fused-ring (bicyclic) bond motifs is 1. The first-order chi connectivity index (χ1) is 16.4. The summed E-state index contributed by atoms with van der Waals surface area (Å²) >= 11 is 2.38. The van der Waals surface area contributed by atoms with Gasteiger partial charge in [-0.05, 0) is 23.3 Å². The standard InChI is InChI=1S/C21H18N6O5S2/c22-21-24-13(10-34-21)14(26-32)17(28)25-15-18(29)27-16(20(30)31)12(9-33-19(15)27)4-2-1-3-11-5-7-23-8-6-11/h1-8,10,15,19,32H,9H2,(H2,22,24)(H,25,28)(H,30,31)/b3-1+,4-2+,26-14-/t15-,19-/m1/s1. The number of β-lactam (4-membered cyclic amide) rings is 1. The third-order valence-corrected chi connectivity index (χ3v) is 6.95. The van der Waals surface area contributed by atoms with Crippen molar-refractivity contribution in [3.05, 3.63) is 70.7 Å². The molecule has 0 bridgehead atoms.